The van der Waals surface area contributed by atoms with Crippen molar-refractivity contribution in [2.75, 3.05) is 13.2 Å². The van der Waals surface area contributed by atoms with E-state index in [1.54, 1.807) is 6.07 Å². The standard InChI is InChI=1S/C16H25NO4/c1-11(2)5-7-17-16(21)13(6-8-18)9-12-3-4-14(19)10-15(12)20/h3-4,10-11,13,18-20H,5-9H2,1-2H3,(H,17,21). The fourth-order valence-corrected chi connectivity index (χ4v) is 2.10. The Morgan fingerprint density at radius 2 is 1.95 bits per heavy atom. The van der Waals surface area contributed by atoms with E-state index >= 15 is 0 Å². The van der Waals surface area contributed by atoms with Gasteiger partial charge in [0.2, 0.25) is 5.91 Å². The highest BCUT2D eigenvalue weighted by molar-refractivity contribution is 5.79. The van der Waals surface area contributed by atoms with E-state index in [-0.39, 0.29) is 24.0 Å². The zero-order chi connectivity index (χ0) is 15.8. The van der Waals surface area contributed by atoms with Gasteiger partial charge in [-0.2, -0.15) is 0 Å². The SMILES string of the molecule is CC(C)CCNC(=O)C(CCO)Cc1ccc(O)cc1O. The van der Waals surface area contributed by atoms with Crippen LogP contribution in [0, 0.1) is 11.8 Å². The van der Waals surface area contributed by atoms with Crippen LogP contribution in [-0.4, -0.2) is 34.4 Å². The first-order valence-electron chi connectivity index (χ1n) is 7.33. The Hall–Kier alpha value is -1.75. The molecule has 0 saturated heterocycles. The molecule has 0 spiro atoms. The van der Waals surface area contributed by atoms with E-state index in [9.17, 15) is 15.0 Å². The molecule has 1 aromatic rings. The maximum atomic E-state index is 12.1. The normalized spacial score (nSPS) is 12.4. The number of hydrogen-bond acceptors (Lipinski definition) is 4. The lowest BCUT2D eigenvalue weighted by Gasteiger charge is -2.17. The highest BCUT2D eigenvalue weighted by Gasteiger charge is 2.20. The van der Waals surface area contributed by atoms with Crippen LogP contribution < -0.4 is 5.32 Å². The fourth-order valence-electron chi connectivity index (χ4n) is 2.10. The number of rotatable bonds is 8. The number of phenols is 2. The van der Waals surface area contributed by atoms with Crippen molar-refractivity contribution in [3.05, 3.63) is 23.8 Å². The summed E-state index contributed by atoms with van der Waals surface area (Å²) in [5.41, 5.74) is 0.588. The minimum absolute atomic E-state index is 0.0173. The van der Waals surface area contributed by atoms with Crippen LogP contribution in [0.15, 0.2) is 18.2 Å². The van der Waals surface area contributed by atoms with Crippen molar-refractivity contribution in [2.24, 2.45) is 11.8 Å². The molecular formula is C16H25NO4. The van der Waals surface area contributed by atoms with Crippen molar-refractivity contribution in [1.29, 1.82) is 0 Å². The third-order valence-electron chi connectivity index (χ3n) is 3.40. The van der Waals surface area contributed by atoms with Gasteiger partial charge in [-0.05, 0) is 36.8 Å². The number of hydrogen-bond donors (Lipinski definition) is 4. The molecule has 1 amide bonds. The lowest BCUT2D eigenvalue weighted by Crippen LogP contribution is -2.33. The number of aromatic hydroxyl groups is 2. The number of aliphatic hydroxyl groups is 1. The van der Waals surface area contributed by atoms with Crippen LogP contribution in [0.4, 0.5) is 0 Å². The summed E-state index contributed by atoms with van der Waals surface area (Å²) in [6.07, 6.45) is 1.58. The highest BCUT2D eigenvalue weighted by atomic mass is 16.3. The molecule has 0 aliphatic heterocycles. The van der Waals surface area contributed by atoms with E-state index in [1.165, 1.54) is 12.1 Å². The largest absolute Gasteiger partial charge is 0.508 e. The van der Waals surface area contributed by atoms with Crippen molar-refractivity contribution in [2.45, 2.75) is 33.1 Å². The minimum Gasteiger partial charge on any atom is -0.508 e. The molecule has 0 aliphatic carbocycles. The van der Waals surface area contributed by atoms with E-state index in [0.717, 1.165) is 6.42 Å². The fraction of sp³-hybridized carbons (Fsp3) is 0.562. The average Bonchev–Trinajstić information content (AvgIpc) is 2.40. The van der Waals surface area contributed by atoms with E-state index in [1.807, 2.05) is 0 Å². The van der Waals surface area contributed by atoms with Crippen LogP contribution in [-0.2, 0) is 11.2 Å². The van der Waals surface area contributed by atoms with Gasteiger partial charge < -0.3 is 20.6 Å². The minimum atomic E-state index is -0.391. The van der Waals surface area contributed by atoms with E-state index in [2.05, 4.69) is 19.2 Å². The molecule has 1 atom stereocenters. The first-order chi connectivity index (χ1) is 9.93. The number of amides is 1. The monoisotopic (exact) mass is 295 g/mol. The molecule has 21 heavy (non-hydrogen) atoms. The van der Waals surface area contributed by atoms with Gasteiger partial charge in [-0.15, -0.1) is 0 Å². The maximum absolute atomic E-state index is 12.1. The van der Waals surface area contributed by atoms with Gasteiger partial charge in [0.25, 0.3) is 0 Å². The first kappa shape index (κ1) is 17.3. The van der Waals surface area contributed by atoms with Crippen molar-refractivity contribution in [3.63, 3.8) is 0 Å². The number of benzene rings is 1. The predicted octanol–water partition coefficient (Wildman–Crippen LogP) is 1.80. The molecule has 0 radical (unpaired) electrons. The summed E-state index contributed by atoms with van der Waals surface area (Å²) < 4.78 is 0. The van der Waals surface area contributed by atoms with Crippen LogP contribution in [0.3, 0.4) is 0 Å². The molecule has 5 nitrogen and oxygen atoms in total. The van der Waals surface area contributed by atoms with Gasteiger partial charge in [0, 0.05) is 25.1 Å². The lowest BCUT2D eigenvalue weighted by atomic mass is 9.94. The van der Waals surface area contributed by atoms with Gasteiger partial charge >= 0.3 is 0 Å². The Bertz CT molecular complexity index is 460. The zero-order valence-electron chi connectivity index (χ0n) is 12.7. The zero-order valence-corrected chi connectivity index (χ0v) is 12.7. The van der Waals surface area contributed by atoms with Gasteiger partial charge in [-0.3, -0.25) is 4.79 Å². The molecule has 1 unspecified atom stereocenters. The number of aliphatic hydroxyl groups excluding tert-OH is 1. The molecule has 0 fully saturated rings. The van der Waals surface area contributed by atoms with Crippen LogP contribution >= 0.6 is 0 Å². The Morgan fingerprint density at radius 3 is 2.52 bits per heavy atom. The highest BCUT2D eigenvalue weighted by Crippen LogP contribution is 2.25. The van der Waals surface area contributed by atoms with Gasteiger partial charge in [-0.1, -0.05) is 19.9 Å². The second kappa shape index (κ2) is 8.52. The Labute approximate surface area is 125 Å². The van der Waals surface area contributed by atoms with Gasteiger partial charge in [0.1, 0.15) is 11.5 Å². The van der Waals surface area contributed by atoms with Crippen LogP contribution in [0.2, 0.25) is 0 Å². The van der Waals surface area contributed by atoms with Crippen molar-refractivity contribution in [1.82, 2.24) is 5.32 Å². The van der Waals surface area contributed by atoms with E-state index in [4.69, 9.17) is 5.11 Å². The third kappa shape index (κ3) is 6.04. The van der Waals surface area contributed by atoms with E-state index < -0.39 is 5.92 Å². The summed E-state index contributed by atoms with van der Waals surface area (Å²) in [6.45, 7) is 4.71. The lowest BCUT2D eigenvalue weighted by molar-refractivity contribution is -0.125. The second-order valence-corrected chi connectivity index (χ2v) is 5.70. The van der Waals surface area contributed by atoms with Crippen molar-refractivity contribution >= 4 is 5.91 Å². The van der Waals surface area contributed by atoms with Crippen LogP contribution in [0.25, 0.3) is 0 Å². The number of carbonyl (C=O) groups is 1. The molecule has 0 heterocycles. The molecule has 4 N–H and O–H groups in total. The molecular weight excluding hydrogens is 270 g/mol. The molecule has 0 aliphatic rings. The Kier molecular flexibility index (Phi) is 7.02. The number of phenolic OH excluding ortho intramolecular Hbond substituents is 2. The topological polar surface area (TPSA) is 89.8 Å². The Morgan fingerprint density at radius 1 is 1.24 bits per heavy atom. The molecule has 118 valence electrons. The van der Waals surface area contributed by atoms with Crippen molar-refractivity contribution in [3.8, 4) is 11.5 Å². The van der Waals surface area contributed by atoms with Crippen molar-refractivity contribution < 1.29 is 20.1 Å². The van der Waals surface area contributed by atoms with Crippen LogP contribution in [0.1, 0.15) is 32.3 Å². The quantitative estimate of drug-likeness (QED) is 0.589. The molecule has 0 saturated carbocycles. The first-order valence-corrected chi connectivity index (χ1v) is 7.33. The average molecular weight is 295 g/mol. The number of carbonyl (C=O) groups excluding carboxylic acids is 1. The summed E-state index contributed by atoms with van der Waals surface area (Å²) in [4.78, 5) is 12.1. The van der Waals surface area contributed by atoms with Gasteiger partial charge in [-0.25, -0.2) is 0 Å². The predicted molar refractivity (Wildman–Crippen MR) is 81.1 cm³/mol. The molecule has 0 bridgehead atoms. The summed E-state index contributed by atoms with van der Waals surface area (Å²) in [5, 5.41) is 31.0. The molecule has 5 heteroatoms. The number of nitrogens with one attached hydrogen (secondary N) is 1. The molecule has 1 rings (SSSR count). The summed E-state index contributed by atoms with van der Waals surface area (Å²) >= 11 is 0. The van der Waals surface area contributed by atoms with Gasteiger partial charge in [0.15, 0.2) is 0 Å². The summed E-state index contributed by atoms with van der Waals surface area (Å²) in [7, 11) is 0. The summed E-state index contributed by atoms with van der Waals surface area (Å²) in [6, 6.07) is 4.32. The molecule has 0 aromatic heterocycles. The Balaban J connectivity index is 2.65. The van der Waals surface area contributed by atoms with Crippen LogP contribution in [0.5, 0.6) is 11.5 Å². The third-order valence-corrected chi connectivity index (χ3v) is 3.40. The summed E-state index contributed by atoms with van der Waals surface area (Å²) in [5.74, 6) is -0.0400. The second-order valence-electron chi connectivity index (χ2n) is 5.70. The maximum Gasteiger partial charge on any atom is 0.223 e. The van der Waals surface area contributed by atoms with E-state index in [0.29, 0.717) is 30.9 Å². The van der Waals surface area contributed by atoms with Gasteiger partial charge in [0.05, 0.1) is 0 Å². The smallest absolute Gasteiger partial charge is 0.223 e. The molecule has 1 aromatic carbocycles.